The molecule has 3 heterocycles. The first-order valence-corrected chi connectivity index (χ1v) is 13.5. The normalized spacial score (nSPS) is 21.4. The number of benzene rings is 2. The summed E-state index contributed by atoms with van der Waals surface area (Å²) in [6.45, 7) is 0.692. The number of methoxy groups -OCH3 is 1. The van der Waals surface area contributed by atoms with Crippen LogP contribution in [0.25, 0.3) is 11.0 Å². The van der Waals surface area contributed by atoms with Crippen molar-refractivity contribution >= 4 is 69.0 Å². The van der Waals surface area contributed by atoms with Gasteiger partial charge in [-0.15, -0.1) is 0 Å². The molecule has 0 unspecified atom stereocenters. The summed E-state index contributed by atoms with van der Waals surface area (Å²) in [5.74, 6) is 0. The van der Waals surface area contributed by atoms with Crippen LogP contribution in [0.2, 0.25) is 25.2 Å². The molecule has 0 N–H and O–H groups in total. The fraction of sp³-hybridized carbons (Fsp3) is 0.308. The molecule has 1 saturated heterocycles. The third-order valence-corrected chi connectivity index (χ3v) is 7.78. The lowest BCUT2D eigenvalue weighted by Crippen LogP contribution is -2.35. The molecular formula is C26H22Cl5N3O4. The van der Waals surface area contributed by atoms with Gasteiger partial charge in [0.05, 0.1) is 25.2 Å². The Morgan fingerprint density at radius 1 is 0.895 bits per heavy atom. The zero-order valence-electron chi connectivity index (χ0n) is 20.0. The molecule has 38 heavy (non-hydrogen) atoms. The lowest BCUT2D eigenvalue weighted by molar-refractivity contribution is -0.143. The fourth-order valence-corrected chi connectivity index (χ4v) is 5.58. The molecule has 7 nitrogen and oxygen atoms in total. The van der Waals surface area contributed by atoms with Gasteiger partial charge in [-0.2, -0.15) is 0 Å². The van der Waals surface area contributed by atoms with Crippen LogP contribution in [-0.4, -0.2) is 46.7 Å². The molecule has 1 aliphatic rings. The quantitative estimate of drug-likeness (QED) is 0.182. The summed E-state index contributed by atoms with van der Waals surface area (Å²) in [6, 6.07) is 12.0. The molecule has 1 fully saturated rings. The molecule has 4 atom stereocenters. The van der Waals surface area contributed by atoms with Crippen LogP contribution < -0.4 is 0 Å². The second-order valence-corrected chi connectivity index (χ2v) is 10.7. The molecule has 2 aromatic heterocycles. The maximum absolute atomic E-state index is 6.46. The van der Waals surface area contributed by atoms with Crippen molar-refractivity contribution < 1.29 is 18.9 Å². The second-order valence-electron chi connectivity index (χ2n) is 8.66. The van der Waals surface area contributed by atoms with Gasteiger partial charge in [0.25, 0.3) is 0 Å². The predicted molar refractivity (Wildman–Crippen MR) is 148 cm³/mol. The second kappa shape index (κ2) is 12.3. The number of fused-ring (bicyclic) bond motifs is 1. The van der Waals surface area contributed by atoms with Gasteiger partial charge in [0.2, 0.25) is 0 Å². The number of nitrogens with zero attached hydrogens (tertiary/aromatic N) is 3. The highest BCUT2D eigenvalue weighted by Crippen LogP contribution is 2.38. The van der Waals surface area contributed by atoms with Crippen molar-refractivity contribution in [3.05, 3.63) is 91.4 Å². The molecule has 4 aromatic rings. The molecule has 0 bridgehead atoms. The van der Waals surface area contributed by atoms with Gasteiger partial charge >= 0.3 is 0 Å². The van der Waals surface area contributed by atoms with E-state index in [9.17, 15) is 0 Å². The van der Waals surface area contributed by atoms with Gasteiger partial charge in [0.1, 0.15) is 35.4 Å². The van der Waals surface area contributed by atoms with Crippen LogP contribution in [0.5, 0.6) is 0 Å². The molecule has 0 radical (unpaired) electrons. The van der Waals surface area contributed by atoms with Gasteiger partial charge in [0.15, 0.2) is 6.29 Å². The summed E-state index contributed by atoms with van der Waals surface area (Å²) >= 11 is 31.1. The Bertz CT molecular complexity index is 1440. The number of hydrogen-bond acceptors (Lipinski definition) is 6. The predicted octanol–water partition coefficient (Wildman–Crippen LogP) is 7.41. The highest BCUT2D eigenvalue weighted by Gasteiger charge is 2.47. The zero-order chi connectivity index (χ0) is 26.8. The van der Waals surface area contributed by atoms with E-state index in [1.165, 1.54) is 6.33 Å². The van der Waals surface area contributed by atoms with Gasteiger partial charge < -0.3 is 23.5 Å². The van der Waals surface area contributed by atoms with E-state index in [1.54, 1.807) is 31.4 Å². The van der Waals surface area contributed by atoms with Crippen LogP contribution in [-0.2, 0) is 32.2 Å². The molecule has 1 aliphatic heterocycles. The summed E-state index contributed by atoms with van der Waals surface area (Å²) < 4.78 is 26.4. The minimum Gasteiger partial charge on any atom is -0.374 e. The van der Waals surface area contributed by atoms with Gasteiger partial charge in [-0.3, -0.25) is 0 Å². The van der Waals surface area contributed by atoms with Crippen molar-refractivity contribution in [3.63, 3.8) is 0 Å². The summed E-state index contributed by atoms with van der Waals surface area (Å²) in [5, 5.41) is 3.20. The standard InChI is InChI=1S/C26H22Cl5N3O4/c1-35-26-22(34-7-6-18-24(31)32-13-33-25(18)34)23(37-11-15-3-5-17(28)9-20(15)30)21(38-26)12-36-10-14-2-4-16(27)8-19(14)29/h2-9,13,21-23,26H,10-12H2,1H3/t21-,22+,23-,26+/m1/s1. The summed E-state index contributed by atoms with van der Waals surface area (Å²) in [6.07, 6.45) is 1.64. The van der Waals surface area contributed by atoms with E-state index in [0.717, 1.165) is 11.1 Å². The van der Waals surface area contributed by atoms with E-state index in [4.69, 9.17) is 77.0 Å². The molecule has 5 rings (SSSR count). The van der Waals surface area contributed by atoms with Crippen molar-refractivity contribution in [2.24, 2.45) is 0 Å². The minimum absolute atomic E-state index is 0.212. The highest BCUT2D eigenvalue weighted by molar-refractivity contribution is 6.35. The van der Waals surface area contributed by atoms with Crippen LogP contribution in [0.15, 0.2) is 55.0 Å². The Hall–Kier alpha value is -1.65. The molecule has 0 aliphatic carbocycles. The van der Waals surface area contributed by atoms with Gasteiger partial charge in [-0.1, -0.05) is 70.1 Å². The zero-order valence-corrected chi connectivity index (χ0v) is 23.8. The van der Waals surface area contributed by atoms with Gasteiger partial charge in [-0.25, -0.2) is 9.97 Å². The van der Waals surface area contributed by atoms with Crippen molar-refractivity contribution in [2.75, 3.05) is 13.7 Å². The Morgan fingerprint density at radius 2 is 1.58 bits per heavy atom. The molecular weight excluding hydrogens is 596 g/mol. The monoisotopic (exact) mass is 615 g/mol. The highest BCUT2D eigenvalue weighted by atomic mass is 35.5. The fourth-order valence-electron chi connectivity index (χ4n) is 4.46. The lowest BCUT2D eigenvalue weighted by Gasteiger charge is -2.26. The van der Waals surface area contributed by atoms with Crippen molar-refractivity contribution in [1.29, 1.82) is 0 Å². The van der Waals surface area contributed by atoms with Crippen LogP contribution in [0.3, 0.4) is 0 Å². The first kappa shape index (κ1) is 27.9. The van der Waals surface area contributed by atoms with Crippen LogP contribution >= 0.6 is 58.0 Å². The van der Waals surface area contributed by atoms with Crippen LogP contribution in [0.1, 0.15) is 17.2 Å². The van der Waals surface area contributed by atoms with Crippen molar-refractivity contribution in [2.45, 2.75) is 37.8 Å². The topological polar surface area (TPSA) is 67.6 Å². The molecule has 2 aromatic carbocycles. The Morgan fingerprint density at radius 3 is 2.24 bits per heavy atom. The Labute approximate surface area is 244 Å². The number of ether oxygens (including phenoxy) is 4. The number of halogens is 5. The largest absolute Gasteiger partial charge is 0.374 e. The Balaban J connectivity index is 1.42. The smallest absolute Gasteiger partial charge is 0.181 e. The maximum Gasteiger partial charge on any atom is 0.181 e. The van der Waals surface area contributed by atoms with E-state index < -0.39 is 24.5 Å². The van der Waals surface area contributed by atoms with E-state index in [2.05, 4.69) is 9.97 Å². The first-order valence-electron chi connectivity index (χ1n) is 11.6. The Kier molecular flexibility index (Phi) is 8.99. The molecule has 0 saturated carbocycles. The van der Waals surface area contributed by atoms with E-state index >= 15 is 0 Å². The average Bonchev–Trinajstić information content (AvgIpc) is 3.46. The van der Waals surface area contributed by atoms with Crippen LogP contribution in [0.4, 0.5) is 0 Å². The number of aromatic nitrogens is 3. The molecule has 0 amide bonds. The van der Waals surface area contributed by atoms with Crippen molar-refractivity contribution in [3.8, 4) is 0 Å². The minimum atomic E-state index is -0.655. The SMILES string of the molecule is CO[C@H]1O[C@H](COCc2ccc(Cl)cc2Cl)[C@@H](OCc2ccc(Cl)cc2Cl)[C@@H]1n1ccc2c(Cl)ncnc21. The summed E-state index contributed by atoms with van der Waals surface area (Å²) in [7, 11) is 1.58. The summed E-state index contributed by atoms with van der Waals surface area (Å²) in [5.41, 5.74) is 2.22. The average molecular weight is 618 g/mol. The molecule has 200 valence electrons. The van der Waals surface area contributed by atoms with Crippen molar-refractivity contribution in [1.82, 2.24) is 14.5 Å². The molecule has 12 heteroatoms. The maximum atomic E-state index is 6.46. The number of rotatable bonds is 9. The third kappa shape index (κ3) is 5.92. The third-order valence-electron chi connectivity index (χ3n) is 6.31. The van der Waals surface area contributed by atoms with Crippen LogP contribution in [0, 0.1) is 0 Å². The molecule has 0 spiro atoms. The van der Waals surface area contributed by atoms with E-state index in [1.807, 2.05) is 29.0 Å². The first-order chi connectivity index (χ1) is 18.4. The summed E-state index contributed by atoms with van der Waals surface area (Å²) in [4.78, 5) is 8.52. The van der Waals surface area contributed by atoms with E-state index in [-0.39, 0.29) is 19.8 Å². The van der Waals surface area contributed by atoms with Gasteiger partial charge in [-0.05, 0) is 41.5 Å². The van der Waals surface area contributed by atoms with Gasteiger partial charge in [0, 0.05) is 33.4 Å². The lowest BCUT2D eigenvalue weighted by atomic mass is 10.1. The number of hydrogen-bond donors (Lipinski definition) is 0. The van der Waals surface area contributed by atoms with E-state index in [0.29, 0.717) is 36.3 Å².